The predicted molar refractivity (Wildman–Crippen MR) is 125 cm³/mol. The van der Waals surface area contributed by atoms with E-state index in [0.29, 0.717) is 12.1 Å². The van der Waals surface area contributed by atoms with Gasteiger partial charge >= 0.3 is 0 Å². The second kappa shape index (κ2) is 10.3. The third-order valence-electron chi connectivity index (χ3n) is 5.27. The Morgan fingerprint density at radius 3 is 2.52 bits per heavy atom. The summed E-state index contributed by atoms with van der Waals surface area (Å²) in [6.07, 6.45) is 3.63. The number of aryl methyl sites for hydroxylation is 1. The first-order chi connectivity index (χ1) is 14.9. The summed E-state index contributed by atoms with van der Waals surface area (Å²) in [4.78, 5) is 21.7. The second-order valence-corrected chi connectivity index (χ2v) is 8.00. The Balaban J connectivity index is 1.82. The van der Waals surface area contributed by atoms with Crippen LogP contribution >= 0.6 is 0 Å². The van der Waals surface area contributed by atoms with Crippen LogP contribution in [0.25, 0.3) is 5.65 Å². The largest absolute Gasteiger partial charge is 0.497 e. The van der Waals surface area contributed by atoms with Crippen molar-refractivity contribution in [3.63, 3.8) is 0 Å². The van der Waals surface area contributed by atoms with Crippen molar-refractivity contribution in [2.75, 3.05) is 46.2 Å². The highest BCUT2D eigenvalue weighted by Gasteiger charge is 2.17. The Hall–Kier alpha value is -3.06. The van der Waals surface area contributed by atoms with Gasteiger partial charge in [0.05, 0.1) is 18.4 Å². The number of ether oxygens (including phenoxy) is 1. The Morgan fingerprint density at radius 2 is 1.87 bits per heavy atom. The van der Waals surface area contributed by atoms with Crippen LogP contribution in [0.4, 0.5) is 5.82 Å². The van der Waals surface area contributed by atoms with Gasteiger partial charge in [0.25, 0.3) is 5.91 Å². The quantitative estimate of drug-likeness (QED) is 0.508. The third kappa shape index (κ3) is 5.55. The van der Waals surface area contributed by atoms with Crippen LogP contribution in [0.3, 0.4) is 0 Å². The summed E-state index contributed by atoms with van der Waals surface area (Å²) in [5, 5.41) is 3.01. The maximum Gasteiger partial charge on any atom is 0.252 e. The molecule has 0 unspecified atom stereocenters. The Bertz CT molecular complexity index is 1010. The molecule has 1 amide bonds. The van der Waals surface area contributed by atoms with E-state index in [1.807, 2.05) is 49.0 Å². The fraction of sp³-hybridized carbons (Fsp3) is 0.417. The van der Waals surface area contributed by atoms with E-state index in [2.05, 4.69) is 41.2 Å². The summed E-state index contributed by atoms with van der Waals surface area (Å²) in [7, 11) is 7.79. The average Bonchev–Trinajstić information content (AvgIpc) is 3.15. The van der Waals surface area contributed by atoms with E-state index in [9.17, 15) is 4.79 Å². The van der Waals surface area contributed by atoms with E-state index in [4.69, 9.17) is 9.72 Å². The molecule has 7 heteroatoms. The van der Waals surface area contributed by atoms with Gasteiger partial charge in [0.1, 0.15) is 17.2 Å². The molecule has 31 heavy (non-hydrogen) atoms. The molecule has 0 saturated carbocycles. The molecule has 3 aromatic rings. The van der Waals surface area contributed by atoms with Crippen LogP contribution in [-0.2, 0) is 13.0 Å². The van der Waals surface area contributed by atoms with Gasteiger partial charge < -0.3 is 19.9 Å². The Labute approximate surface area is 184 Å². The predicted octanol–water partition coefficient (Wildman–Crippen LogP) is 3.22. The molecule has 3 rings (SSSR count). The first-order valence-electron chi connectivity index (χ1n) is 10.7. The van der Waals surface area contributed by atoms with E-state index < -0.39 is 0 Å². The van der Waals surface area contributed by atoms with Crippen molar-refractivity contribution in [2.45, 2.75) is 26.3 Å². The van der Waals surface area contributed by atoms with Gasteiger partial charge in [-0.05, 0) is 63.3 Å². The lowest BCUT2D eigenvalue weighted by molar-refractivity contribution is 0.0952. The van der Waals surface area contributed by atoms with Gasteiger partial charge in [-0.3, -0.25) is 9.20 Å². The summed E-state index contributed by atoms with van der Waals surface area (Å²) >= 11 is 0. The topological polar surface area (TPSA) is 62.1 Å². The summed E-state index contributed by atoms with van der Waals surface area (Å²) in [5.41, 5.74) is 3.67. The maximum atomic E-state index is 12.7. The molecular formula is C24H33N5O2. The molecule has 0 fully saturated rings. The Morgan fingerprint density at radius 1 is 1.13 bits per heavy atom. The number of carbonyl (C=O) groups is 1. The van der Waals surface area contributed by atoms with E-state index >= 15 is 0 Å². The number of pyridine rings is 1. The van der Waals surface area contributed by atoms with Gasteiger partial charge in [-0.25, -0.2) is 4.98 Å². The minimum atomic E-state index is -0.0591. The number of hydrogen-bond donors (Lipinski definition) is 1. The molecule has 0 aliphatic heterocycles. The SMILES string of the molecule is CCc1nc2ccc(C(=O)NCCCN(C)C)cn2c1N(C)Cc1ccc(OC)cc1. The molecule has 0 radical (unpaired) electrons. The molecule has 0 bridgehead atoms. The molecule has 0 spiro atoms. The van der Waals surface area contributed by atoms with Crippen molar-refractivity contribution in [1.82, 2.24) is 19.6 Å². The Kier molecular flexibility index (Phi) is 7.52. The molecule has 0 aliphatic carbocycles. The lowest BCUT2D eigenvalue weighted by Gasteiger charge is -2.20. The van der Waals surface area contributed by atoms with Crippen LogP contribution in [0, 0.1) is 0 Å². The summed E-state index contributed by atoms with van der Waals surface area (Å²) in [5.74, 6) is 1.79. The van der Waals surface area contributed by atoms with Crippen molar-refractivity contribution in [2.24, 2.45) is 0 Å². The minimum absolute atomic E-state index is 0.0591. The lowest BCUT2D eigenvalue weighted by Crippen LogP contribution is -2.27. The highest BCUT2D eigenvalue weighted by Crippen LogP contribution is 2.25. The zero-order valence-corrected chi connectivity index (χ0v) is 19.2. The van der Waals surface area contributed by atoms with Gasteiger partial charge in [0, 0.05) is 26.3 Å². The number of anilines is 1. The number of rotatable bonds is 10. The van der Waals surface area contributed by atoms with E-state index in [1.54, 1.807) is 7.11 Å². The lowest BCUT2D eigenvalue weighted by atomic mass is 10.2. The molecule has 2 heterocycles. The highest BCUT2D eigenvalue weighted by molar-refractivity contribution is 5.94. The van der Waals surface area contributed by atoms with Crippen LogP contribution in [-0.4, -0.2) is 61.5 Å². The third-order valence-corrected chi connectivity index (χ3v) is 5.27. The number of carbonyl (C=O) groups excluding carboxylic acids is 1. The van der Waals surface area contributed by atoms with Gasteiger partial charge in [-0.15, -0.1) is 0 Å². The van der Waals surface area contributed by atoms with Crippen molar-refractivity contribution >= 4 is 17.4 Å². The van der Waals surface area contributed by atoms with Crippen LogP contribution < -0.4 is 15.0 Å². The van der Waals surface area contributed by atoms with Crippen molar-refractivity contribution in [1.29, 1.82) is 0 Å². The summed E-state index contributed by atoms with van der Waals surface area (Å²) in [6, 6.07) is 11.8. The van der Waals surface area contributed by atoms with Crippen molar-refractivity contribution in [3.8, 4) is 5.75 Å². The monoisotopic (exact) mass is 423 g/mol. The molecule has 0 saturated heterocycles. The minimum Gasteiger partial charge on any atom is -0.497 e. The fourth-order valence-corrected chi connectivity index (χ4v) is 3.64. The van der Waals surface area contributed by atoms with Crippen molar-refractivity contribution < 1.29 is 9.53 Å². The van der Waals surface area contributed by atoms with Crippen LogP contribution in [0.15, 0.2) is 42.6 Å². The molecule has 1 aromatic carbocycles. The number of benzene rings is 1. The van der Waals surface area contributed by atoms with Crippen LogP contribution in [0.2, 0.25) is 0 Å². The highest BCUT2D eigenvalue weighted by atomic mass is 16.5. The van der Waals surface area contributed by atoms with Crippen LogP contribution in [0.5, 0.6) is 5.75 Å². The number of nitrogens with one attached hydrogen (secondary N) is 1. The average molecular weight is 424 g/mol. The zero-order chi connectivity index (χ0) is 22.4. The maximum absolute atomic E-state index is 12.7. The number of methoxy groups -OCH3 is 1. The van der Waals surface area contributed by atoms with E-state index in [0.717, 1.165) is 48.8 Å². The number of imidazole rings is 1. The second-order valence-electron chi connectivity index (χ2n) is 8.00. The van der Waals surface area contributed by atoms with E-state index in [1.165, 1.54) is 5.56 Å². The van der Waals surface area contributed by atoms with Gasteiger partial charge in [0.15, 0.2) is 0 Å². The molecular weight excluding hydrogens is 390 g/mol. The zero-order valence-electron chi connectivity index (χ0n) is 19.2. The molecule has 2 aromatic heterocycles. The van der Waals surface area contributed by atoms with Crippen LogP contribution in [0.1, 0.15) is 35.0 Å². The van der Waals surface area contributed by atoms with Gasteiger partial charge in [-0.1, -0.05) is 19.1 Å². The van der Waals surface area contributed by atoms with E-state index in [-0.39, 0.29) is 5.91 Å². The molecule has 0 aliphatic rings. The number of fused-ring (bicyclic) bond motifs is 1. The molecule has 166 valence electrons. The smallest absolute Gasteiger partial charge is 0.252 e. The first kappa shape index (κ1) is 22.6. The fourth-order valence-electron chi connectivity index (χ4n) is 3.64. The normalized spacial score (nSPS) is 11.2. The molecule has 1 N–H and O–H groups in total. The summed E-state index contributed by atoms with van der Waals surface area (Å²) < 4.78 is 7.28. The van der Waals surface area contributed by atoms with Gasteiger partial charge in [-0.2, -0.15) is 0 Å². The first-order valence-corrected chi connectivity index (χ1v) is 10.7. The number of hydrogen-bond acceptors (Lipinski definition) is 5. The number of aromatic nitrogens is 2. The van der Waals surface area contributed by atoms with Crippen molar-refractivity contribution in [3.05, 3.63) is 59.4 Å². The standard InChI is InChI=1S/C24H33N5O2/c1-6-21-24(28(4)16-18-8-11-20(31-5)12-9-18)29-17-19(10-13-22(29)26-21)23(30)25-14-7-15-27(2)3/h8-13,17H,6-7,14-16H2,1-5H3,(H,25,30). The molecule has 0 atom stereocenters. The number of amides is 1. The summed E-state index contributed by atoms with van der Waals surface area (Å²) in [6.45, 7) is 4.43. The molecule has 7 nitrogen and oxygen atoms in total. The number of nitrogens with zero attached hydrogens (tertiary/aromatic N) is 4. The van der Waals surface area contributed by atoms with Gasteiger partial charge in [0.2, 0.25) is 0 Å².